The Hall–Kier alpha value is -2.76. The third-order valence-corrected chi connectivity index (χ3v) is 5.80. The van der Waals surface area contributed by atoms with Gasteiger partial charge < -0.3 is 0 Å². The highest BCUT2D eigenvalue weighted by molar-refractivity contribution is 5.24. The molecule has 0 fully saturated rings. The van der Waals surface area contributed by atoms with Gasteiger partial charge in [0.05, 0.1) is 68.3 Å². The van der Waals surface area contributed by atoms with E-state index in [0.717, 1.165) is 94.0 Å². The molecule has 6 nitrogen and oxygen atoms in total. The van der Waals surface area contributed by atoms with Crippen LogP contribution in [0.3, 0.4) is 0 Å². The van der Waals surface area contributed by atoms with Gasteiger partial charge in [0.2, 0.25) is 0 Å². The van der Waals surface area contributed by atoms with E-state index in [-0.39, 0.29) is 0 Å². The van der Waals surface area contributed by atoms with Gasteiger partial charge in [0.15, 0.2) is 0 Å². The lowest BCUT2D eigenvalue weighted by Gasteiger charge is -2.12. The minimum absolute atomic E-state index is 0.819. The maximum atomic E-state index is 4.88. The van der Waals surface area contributed by atoms with E-state index in [4.69, 9.17) is 19.9 Å². The van der Waals surface area contributed by atoms with E-state index in [1.165, 1.54) is 0 Å². The van der Waals surface area contributed by atoms with Crippen molar-refractivity contribution in [2.75, 3.05) is 0 Å². The smallest absolute Gasteiger partial charge is 0.0623 e. The fraction of sp³-hybridized carbons (Fsp3) is 0.500. The fourth-order valence-corrected chi connectivity index (χ4v) is 3.64. The maximum absolute atomic E-state index is 4.88. The van der Waals surface area contributed by atoms with E-state index in [0.29, 0.717) is 0 Å². The van der Waals surface area contributed by atoms with Crippen LogP contribution in [0.1, 0.15) is 68.3 Å². The van der Waals surface area contributed by atoms with Crippen molar-refractivity contribution in [2.24, 2.45) is 0 Å². The molecule has 0 aromatic carbocycles. The van der Waals surface area contributed by atoms with Gasteiger partial charge in [-0.1, -0.05) is 0 Å². The first-order valence-corrected chi connectivity index (χ1v) is 10.6. The molecule has 0 atom stereocenters. The molecule has 0 amide bonds. The summed E-state index contributed by atoms with van der Waals surface area (Å²) in [4.78, 5) is 28.4. The zero-order valence-corrected chi connectivity index (χ0v) is 19.5. The number of aromatic nitrogens is 6. The highest BCUT2D eigenvalue weighted by Gasteiger charge is 2.13. The zero-order chi connectivity index (χ0) is 22.0. The monoisotopic (exact) mass is 404 g/mol. The Balaban J connectivity index is 1.73. The van der Waals surface area contributed by atoms with E-state index < -0.39 is 0 Å². The van der Waals surface area contributed by atoms with E-state index in [2.05, 4.69) is 9.97 Å². The molecule has 0 saturated heterocycles. The standard InChI is InChI=1S/C24H32N6/c1-13-15(3)27-21(17(5)25-13)9-11-23-19(7)30-24(20(8)29-23)12-10-22-18(6)26-14(2)16(4)28-22/h9-12H2,1-8H3. The molecular formula is C24H32N6. The predicted octanol–water partition coefficient (Wildman–Crippen LogP) is 4.09. The van der Waals surface area contributed by atoms with Crippen LogP contribution in [-0.2, 0) is 25.7 Å². The van der Waals surface area contributed by atoms with Gasteiger partial charge in [-0.15, -0.1) is 0 Å². The first kappa shape index (κ1) is 21.9. The molecule has 3 aromatic heterocycles. The van der Waals surface area contributed by atoms with Crippen LogP contribution in [0.2, 0.25) is 0 Å². The van der Waals surface area contributed by atoms with Gasteiger partial charge in [-0.05, 0) is 81.1 Å². The van der Waals surface area contributed by atoms with Gasteiger partial charge in [0, 0.05) is 0 Å². The second-order valence-corrected chi connectivity index (χ2v) is 8.14. The number of nitrogens with zero attached hydrogens (tertiary/aromatic N) is 6. The second kappa shape index (κ2) is 8.94. The number of hydrogen-bond donors (Lipinski definition) is 0. The second-order valence-electron chi connectivity index (χ2n) is 8.14. The summed E-state index contributed by atoms with van der Waals surface area (Å²) < 4.78 is 0. The first-order chi connectivity index (χ1) is 14.2. The molecule has 0 saturated carbocycles. The Labute approximate surface area is 179 Å². The van der Waals surface area contributed by atoms with Crippen LogP contribution in [0.15, 0.2) is 0 Å². The fourth-order valence-electron chi connectivity index (χ4n) is 3.64. The lowest BCUT2D eigenvalue weighted by atomic mass is 10.1. The Bertz CT molecular complexity index is 1000. The predicted molar refractivity (Wildman–Crippen MR) is 119 cm³/mol. The minimum atomic E-state index is 0.819. The van der Waals surface area contributed by atoms with Crippen molar-refractivity contribution in [3.63, 3.8) is 0 Å². The van der Waals surface area contributed by atoms with Gasteiger partial charge in [-0.25, -0.2) is 0 Å². The lowest BCUT2D eigenvalue weighted by molar-refractivity contribution is 0.776. The summed E-state index contributed by atoms with van der Waals surface area (Å²) in [6.45, 7) is 16.2. The third-order valence-electron chi connectivity index (χ3n) is 5.80. The SMILES string of the molecule is Cc1nc(C)c(CCc2nc(C)c(CCc3nc(C)c(C)nc3C)nc2C)nc1C. The van der Waals surface area contributed by atoms with Crippen LogP contribution in [0, 0.1) is 55.4 Å². The van der Waals surface area contributed by atoms with Crippen molar-refractivity contribution in [1.82, 2.24) is 29.9 Å². The van der Waals surface area contributed by atoms with Crippen molar-refractivity contribution in [2.45, 2.75) is 81.1 Å². The molecule has 6 heteroatoms. The number of rotatable bonds is 6. The third kappa shape index (κ3) is 4.86. The summed E-state index contributed by atoms with van der Waals surface area (Å²) in [5.41, 5.74) is 12.1. The molecule has 0 spiro atoms. The van der Waals surface area contributed by atoms with Gasteiger partial charge >= 0.3 is 0 Å². The van der Waals surface area contributed by atoms with Gasteiger partial charge in [0.1, 0.15) is 0 Å². The molecule has 0 aliphatic rings. The average molecular weight is 405 g/mol. The van der Waals surface area contributed by atoms with E-state index >= 15 is 0 Å². The van der Waals surface area contributed by atoms with Crippen molar-refractivity contribution in [1.29, 1.82) is 0 Å². The lowest BCUT2D eigenvalue weighted by Crippen LogP contribution is -2.10. The van der Waals surface area contributed by atoms with Gasteiger partial charge in [-0.2, -0.15) is 0 Å². The highest BCUT2D eigenvalue weighted by atomic mass is 14.9. The van der Waals surface area contributed by atoms with Crippen molar-refractivity contribution < 1.29 is 0 Å². The van der Waals surface area contributed by atoms with Crippen molar-refractivity contribution >= 4 is 0 Å². The Morgan fingerprint density at radius 1 is 0.300 bits per heavy atom. The van der Waals surface area contributed by atoms with Crippen LogP contribution >= 0.6 is 0 Å². The van der Waals surface area contributed by atoms with Crippen LogP contribution in [0.4, 0.5) is 0 Å². The van der Waals surface area contributed by atoms with Crippen LogP contribution < -0.4 is 0 Å². The molecule has 0 bridgehead atoms. The Kier molecular flexibility index (Phi) is 6.54. The molecule has 0 aliphatic heterocycles. The Morgan fingerprint density at radius 2 is 0.500 bits per heavy atom. The highest BCUT2D eigenvalue weighted by Crippen LogP contribution is 2.16. The molecule has 0 unspecified atom stereocenters. The molecule has 3 aromatic rings. The average Bonchev–Trinajstić information content (AvgIpc) is 2.68. The summed E-state index contributed by atoms with van der Waals surface area (Å²) in [7, 11) is 0. The van der Waals surface area contributed by atoms with E-state index in [1.807, 2.05) is 55.4 Å². The quantitative estimate of drug-likeness (QED) is 0.616. The van der Waals surface area contributed by atoms with Crippen LogP contribution in [0.25, 0.3) is 0 Å². The molecule has 3 heterocycles. The van der Waals surface area contributed by atoms with E-state index in [9.17, 15) is 0 Å². The normalized spacial score (nSPS) is 11.2. The molecule has 0 aliphatic carbocycles. The number of hydrogen-bond acceptors (Lipinski definition) is 6. The number of aryl methyl sites for hydroxylation is 12. The summed E-state index contributed by atoms with van der Waals surface area (Å²) >= 11 is 0. The van der Waals surface area contributed by atoms with E-state index in [1.54, 1.807) is 0 Å². The van der Waals surface area contributed by atoms with Gasteiger partial charge in [-0.3, -0.25) is 29.9 Å². The summed E-state index contributed by atoms with van der Waals surface area (Å²) in [6, 6.07) is 0. The molecule has 158 valence electrons. The minimum Gasteiger partial charge on any atom is -0.255 e. The Morgan fingerprint density at radius 3 is 0.800 bits per heavy atom. The van der Waals surface area contributed by atoms with Crippen LogP contribution in [-0.4, -0.2) is 29.9 Å². The molecular weight excluding hydrogens is 372 g/mol. The van der Waals surface area contributed by atoms with Gasteiger partial charge in [0.25, 0.3) is 0 Å². The molecule has 0 N–H and O–H groups in total. The maximum Gasteiger partial charge on any atom is 0.0623 e. The summed E-state index contributed by atoms with van der Waals surface area (Å²) in [5.74, 6) is 0. The van der Waals surface area contributed by atoms with Crippen molar-refractivity contribution in [3.05, 3.63) is 68.3 Å². The summed E-state index contributed by atoms with van der Waals surface area (Å²) in [5, 5.41) is 0. The van der Waals surface area contributed by atoms with Crippen LogP contribution in [0.5, 0.6) is 0 Å². The van der Waals surface area contributed by atoms with Crippen molar-refractivity contribution in [3.8, 4) is 0 Å². The molecule has 3 rings (SSSR count). The molecule has 0 radical (unpaired) electrons. The molecule has 30 heavy (non-hydrogen) atoms. The largest absolute Gasteiger partial charge is 0.255 e. The first-order valence-electron chi connectivity index (χ1n) is 10.6. The zero-order valence-electron chi connectivity index (χ0n) is 19.5. The summed E-state index contributed by atoms with van der Waals surface area (Å²) in [6.07, 6.45) is 3.29. The topological polar surface area (TPSA) is 77.3 Å².